The van der Waals surface area contributed by atoms with Crippen molar-refractivity contribution in [3.63, 3.8) is 0 Å². The predicted octanol–water partition coefficient (Wildman–Crippen LogP) is 3.37. The number of rotatable bonds is 5. The topological polar surface area (TPSA) is 85.4 Å². The van der Waals surface area contributed by atoms with Crippen LogP contribution in [0.4, 0.5) is 10.1 Å². The number of Topliss-reactive ketones (excluding diaryl/α,β-unsaturated/α-hetero) is 1. The molecule has 0 spiro atoms. The van der Waals surface area contributed by atoms with Crippen LogP contribution in [0.15, 0.2) is 54.6 Å². The number of carbonyl (C=O) groups excluding carboxylic acids is 3. The van der Waals surface area contributed by atoms with Gasteiger partial charge in [0.2, 0.25) is 11.7 Å². The molecular weight excluding hydrogens is 351 g/mol. The lowest BCUT2D eigenvalue weighted by Crippen LogP contribution is -2.16. The van der Waals surface area contributed by atoms with E-state index in [-0.39, 0.29) is 22.9 Å². The number of amides is 1. The molecule has 7 heteroatoms. The lowest BCUT2D eigenvalue weighted by atomic mass is 10.1. The van der Waals surface area contributed by atoms with Crippen LogP contribution in [0.3, 0.4) is 0 Å². The summed E-state index contributed by atoms with van der Waals surface area (Å²) in [6, 6.07) is 14.1. The molecule has 1 N–H and O–H groups in total. The number of halogens is 1. The Morgan fingerprint density at radius 3 is 2.59 bits per heavy atom. The highest BCUT2D eigenvalue weighted by molar-refractivity contribution is 6.00. The van der Waals surface area contributed by atoms with Gasteiger partial charge in [0.05, 0.1) is 11.1 Å². The number of pyridine rings is 1. The van der Waals surface area contributed by atoms with Crippen LogP contribution in [-0.4, -0.2) is 29.3 Å². The minimum absolute atomic E-state index is 0.0583. The van der Waals surface area contributed by atoms with Crippen molar-refractivity contribution in [1.82, 2.24) is 4.98 Å². The first-order chi connectivity index (χ1) is 12.9. The number of anilines is 1. The van der Waals surface area contributed by atoms with Crippen LogP contribution in [0.5, 0.6) is 0 Å². The normalized spacial score (nSPS) is 10.4. The van der Waals surface area contributed by atoms with Gasteiger partial charge in [0, 0.05) is 18.0 Å². The average Bonchev–Trinajstić information content (AvgIpc) is 2.65. The SMILES string of the molecule is CC(=O)Nc1ccc(C(=O)COC(=O)c2ccc3ccccc3n2)c(F)c1. The van der Waals surface area contributed by atoms with Crippen molar-refractivity contribution >= 4 is 34.3 Å². The van der Waals surface area contributed by atoms with E-state index in [9.17, 15) is 18.8 Å². The Balaban J connectivity index is 1.67. The molecule has 0 saturated carbocycles. The van der Waals surface area contributed by atoms with Gasteiger partial charge >= 0.3 is 5.97 Å². The summed E-state index contributed by atoms with van der Waals surface area (Å²) in [6.45, 7) is 0.668. The molecule has 0 aliphatic heterocycles. The molecule has 0 bridgehead atoms. The van der Waals surface area contributed by atoms with Gasteiger partial charge in [0.25, 0.3) is 0 Å². The van der Waals surface area contributed by atoms with Crippen LogP contribution >= 0.6 is 0 Å². The third-order valence-corrected chi connectivity index (χ3v) is 3.73. The van der Waals surface area contributed by atoms with Gasteiger partial charge < -0.3 is 10.1 Å². The van der Waals surface area contributed by atoms with E-state index in [1.165, 1.54) is 25.1 Å². The summed E-state index contributed by atoms with van der Waals surface area (Å²) in [6.07, 6.45) is 0. The smallest absolute Gasteiger partial charge is 0.357 e. The number of benzene rings is 2. The van der Waals surface area contributed by atoms with Crippen LogP contribution in [-0.2, 0) is 9.53 Å². The fourth-order valence-corrected chi connectivity index (χ4v) is 2.48. The fraction of sp³-hybridized carbons (Fsp3) is 0.100. The van der Waals surface area contributed by atoms with E-state index < -0.39 is 24.2 Å². The highest BCUT2D eigenvalue weighted by Gasteiger charge is 2.17. The molecule has 0 unspecified atom stereocenters. The number of aromatic nitrogens is 1. The number of hydrogen-bond donors (Lipinski definition) is 1. The molecular formula is C20H15FN2O4. The number of nitrogens with one attached hydrogen (secondary N) is 1. The van der Waals surface area contributed by atoms with Gasteiger partial charge in [-0.3, -0.25) is 9.59 Å². The van der Waals surface area contributed by atoms with Gasteiger partial charge in [0.1, 0.15) is 11.5 Å². The van der Waals surface area contributed by atoms with Crippen molar-refractivity contribution in [2.45, 2.75) is 6.92 Å². The summed E-state index contributed by atoms with van der Waals surface area (Å²) in [5.41, 5.74) is 0.679. The van der Waals surface area contributed by atoms with Gasteiger partial charge in [-0.05, 0) is 30.3 Å². The second-order valence-corrected chi connectivity index (χ2v) is 5.76. The van der Waals surface area contributed by atoms with E-state index in [1.807, 2.05) is 12.1 Å². The molecule has 27 heavy (non-hydrogen) atoms. The van der Waals surface area contributed by atoms with Crippen LogP contribution in [0.25, 0.3) is 10.9 Å². The third kappa shape index (κ3) is 4.33. The van der Waals surface area contributed by atoms with Gasteiger partial charge in [-0.2, -0.15) is 0 Å². The Hall–Kier alpha value is -3.61. The number of hydrogen-bond acceptors (Lipinski definition) is 5. The van der Waals surface area contributed by atoms with E-state index in [2.05, 4.69) is 10.3 Å². The summed E-state index contributed by atoms with van der Waals surface area (Å²) in [5, 5.41) is 3.28. The summed E-state index contributed by atoms with van der Waals surface area (Å²) in [5.74, 6) is -2.64. The molecule has 1 aromatic heterocycles. The van der Waals surface area contributed by atoms with Gasteiger partial charge in [-0.15, -0.1) is 0 Å². The maximum absolute atomic E-state index is 14.0. The zero-order chi connectivity index (χ0) is 19.4. The second kappa shape index (κ2) is 7.74. The van der Waals surface area contributed by atoms with Crippen LogP contribution in [0.1, 0.15) is 27.8 Å². The quantitative estimate of drug-likeness (QED) is 0.553. The largest absolute Gasteiger partial charge is 0.453 e. The molecule has 1 heterocycles. The van der Waals surface area contributed by atoms with Crippen molar-refractivity contribution in [2.75, 3.05) is 11.9 Å². The monoisotopic (exact) mass is 366 g/mol. The first-order valence-electron chi connectivity index (χ1n) is 8.07. The minimum Gasteiger partial charge on any atom is -0.453 e. The molecule has 0 radical (unpaired) electrons. The van der Waals surface area contributed by atoms with E-state index in [0.717, 1.165) is 11.5 Å². The third-order valence-electron chi connectivity index (χ3n) is 3.73. The van der Waals surface area contributed by atoms with E-state index in [1.54, 1.807) is 18.2 Å². The van der Waals surface area contributed by atoms with Crippen molar-refractivity contribution in [2.24, 2.45) is 0 Å². The van der Waals surface area contributed by atoms with E-state index in [0.29, 0.717) is 5.52 Å². The summed E-state index contributed by atoms with van der Waals surface area (Å²) < 4.78 is 19.0. The summed E-state index contributed by atoms with van der Waals surface area (Å²) in [4.78, 5) is 39.4. The van der Waals surface area contributed by atoms with Crippen molar-refractivity contribution in [1.29, 1.82) is 0 Å². The number of ketones is 1. The maximum Gasteiger partial charge on any atom is 0.357 e. The molecule has 0 atom stereocenters. The number of carbonyl (C=O) groups is 3. The van der Waals surface area contributed by atoms with Gasteiger partial charge in [0.15, 0.2) is 6.61 Å². The molecule has 3 aromatic rings. The zero-order valence-corrected chi connectivity index (χ0v) is 14.4. The van der Waals surface area contributed by atoms with Crippen molar-refractivity contribution < 1.29 is 23.5 Å². The first kappa shape index (κ1) is 18.2. The molecule has 1 amide bonds. The van der Waals surface area contributed by atoms with Crippen LogP contribution in [0, 0.1) is 5.82 Å². The second-order valence-electron chi connectivity index (χ2n) is 5.76. The number of ether oxygens (including phenoxy) is 1. The van der Waals surface area contributed by atoms with Crippen LogP contribution in [0.2, 0.25) is 0 Å². The van der Waals surface area contributed by atoms with Crippen molar-refractivity contribution in [3.05, 3.63) is 71.7 Å². The molecule has 0 aliphatic rings. The maximum atomic E-state index is 14.0. The molecule has 0 fully saturated rings. The Morgan fingerprint density at radius 2 is 1.85 bits per heavy atom. The zero-order valence-electron chi connectivity index (χ0n) is 14.4. The van der Waals surface area contributed by atoms with Crippen molar-refractivity contribution in [3.8, 4) is 0 Å². The lowest BCUT2D eigenvalue weighted by Gasteiger charge is -2.07. The first-order valence-corrected chi connectivity index (χ1v) is 8.07. The minimum atomic E-state index is -0.814. The molecule has 6 nitrogen and oxygen atoms in total. The lowest BCUT2D eigenvalue weighted by molar-refractivity contribution is -0.114. The number of fused-ring (bicyclic) bond motifs is 1. The molecule has 136 valence electrons. The molecule has 0 saturated heterocycles. The Labute approximate surface area is 154 Å². The Kier molecular flexibility index (Phi) is 5.21. The molecule has 3 rings (SSSR count). The Morgan fingerprint density at radius 1 is 1.07 bits per heavy atom. The summed E-state index contributed by atoms with van der Waals surface area (Å²) >= 11 is 0. The molecule has 0 aliphatic carbocycles. The summed E-state index contributed by atoms with van der Waals surface area (Å²) in [7, 11) is 0. The standard InChI is InChI=1S/C20H15FN2O4/c1-12(24)22-14-7-8-15(16(21)10-14)19(25)11-27-20(26)18-9-6-13-4-2-3-5-17(13)23-18/h2-10H,11H2,1H3,(H,22,24). The fourth-order valence-electron chi connectivity index (χ4n) is 2.48. The average molecular weight is 366 g/mol. The predicted molar refractivity (Wildman–Crippen MR) is 97.1 cm³/mol. The Bertz CT molecular complexity index is 1050. The number of para-hydroxylation sites is 1. The highest BCUT2D eigenvalue weighted by atomic mass is 19.1. The van der Waals surface area contributed by atoms with Crippen LogP contribution < -0.4 is 5.32 Å². The molecule has 2 aromatic carbocycles. The van der Waals surface area contributed by atoms with E-state index >= 15 is 0 Å². The number of esters is 1. The van der Waals surface area contributed by atoms with E-state index in [4.69, 9.17) is 4.74 Å². The van der Waals surface area contributed by atoms with Gasteiger partial charge in [-0.25, -0.2) is 14.2 Å². The highest BCUT2D eigenvalue weighted by Crippen LogP contribution is 2.16. The number of nitrogens with zero attached hydrogens (tertiary/aromatic N) is 1. The van der Waals surface area contributed by atoms with Gasteiger partial charge in [-0.1, -0.05) is 24.3 Å².